The van der Waals surface area contributed by atoms with E-state index >= 15 is 0 Å². The van der Waals surface area contributed by atoms with E-state index in [0.717, 1.165) is 22.4 Å². The van der Waals surface area contributed by atoms with Crippen LogP contribution in [0.2, 0.25) is 0 Å². The van der Waals surface area contributed by atoms with Crippen LogP contribution in [-0.2, 0) is 6.54 Å². The van der Waals surface area contributed by atoms with Crippen LogP contribution in [0, 0.1) is 0 Å². The van der Waals surface area contributed by atoms with Crippen molar-refractivity contribution in [3.63, 3.8) is 0 Å². The zero-order chi connectivity index (χ0) is 20.8. The van der Waals surface area contributed by atoms with Crippen LogP contribution in [-0.4, -0.2) is 15.9 Å². The molecule has 5 heteroatoms. The first-order valence-electron chi connectivity index (χ1n) is 9.98. The third-order valence-corrected chi connectivity index (χ3v) is 4.86. The second kappa shape index (κ2) is 9.32. The molecule has 0 aliphatic heterocycles. The Hall–Kier alpha value is -3.21. The fourth-order valence-corrected chi connectivity index (χ4v) is 3.24. The van der Waals surface area contributed by atoms with Gasteiger partial charge in [-0.1, -0.05) is 45.9 Å². The van der Waals surface area contributed by atoms with Crippen molar-refractivity contribution < 1.29 is 4.79 Å². The number of nitrogens with one attached hydrogen (secondary N) is 2. The Kier molecular flexibility index (Phi) is 6.60. The van der Waals surface area contributed by atoms with Crippen molar-refractivity contribution in [2.24, 2.45) is 0 Å². The van der Waals surface area contributed by atoms with E-state index in [0.29, 0.717) is 29.8 Å². The smallest absolute Gasteiger partial charge is 0.255 e. The van der Waals surface area contributed by atoms with E-state index in [2.05, 4.69) is 66.5 Å². The van der Waals surface area contributed by atoms with Gasteiger partial charge in [-0.2, -0.15) is 0 Å². The number of benzene rings is 1. The number of rotatable bonds is 7. The maximum Gasteiger partial charge on any atom is 0.255 e. The van der Waals surface area contributed by atoms with Crippen molar-refractivity contribution >= 4 is 17.4 Å². The molecule has 150 valence electrons. The molecule has 0 saturated carbocycles. The summed E-state index contributed by atoms with van der Waals surface area (Å²) in [4.78, 5) is 21.4. The largest absolute Gasteiger partial charge is 0.366 e. The molecule has 0 saturated heterocycles. The Morgan fingerprint density at radius 2 is 1.59 bits per heavy atom. The number of hydrogen-bond acceptors (Lipinski definition) is 4. The predicted octanol–water partition coefficient (Wildman–Crippen LogP) is 5.59. The summed E-state index contributed by atoms with van der Waals surface area (Å²) in [6, 6.07) is 13.6. The summed E-state index contributed by atoms with van der Waals surface area (Å²) in [5.41, 5.74) is 4.89. The summed E-state index contributed by atoms with van der Waals surface area (Å²) < 4.78 is 0. The highest BCUT2D eigenvalue weighted by atomic mass is 16.1. The molecule has 1 aromatic carbocycles. The van der Waals surface area contributed by atoms with Gasteiger partial charge >= 0.3 is 0 Å². The molecule has 0 bridgehead atoms. The molecule has 0 unspecified atom stereocenters. The third-order valence-electron chi connectivity index (χ3n) is 4.86. The Bertz CT molecular complexity index is 941. The van der Waals surface area contributed by atoms with Crippen LogP contribution in [0.25, 0.3) is 0 Å². The van der Waals surface area contributed by atoms with E-state index in [1.165, 1.54) is 0 Å². The highest BCUT2D eigenvalue weighted by Gasteiger charge is 2.17. The minimum Gasteiger partial charge on any atom is -0.366 e. The zero-order valence-electron chi connectivity index (χ0n) is 17.4. The molecule has 0 atom stereocenters. The topological polar surface area (TPSA) is 66.9 Å². The Morgan fingerprint density at radius 3 is 2.21 bits per heavy atom. The third kappa shape index (κ3) is 5.19. The molecule has 3 aromatic rings. The van der Waals surface area contributed by atoms with Gasteiger partial charge in [0.1, 0.15) is 5.82 Å². The van der Waals surface area contributed by atoms with Crippen molar-refractivity contribution in [2.45, 2.75) is 46.1 Å². The van der Waals surface area contributed by atoms with Crippen LogP contribution in [0.3, 0.4) is 0 Å². The lowest BCUT2D eigenvalue weighted by molar-refractivity contribution is 0.102. The van der Waals surface area contributed by atoms with Crippen molar-refractivity contribution in [2.75, 3.05) is 10.6 Å². The molecule has 0 aliphatic rings. The van der Waals surface area contributed by atoms with Crippen LogP contribution in [0.15, 0.2) is 61.1 Å². The summed E-state index contributed by atoms with van der Waals surface area (Å²) in [7, 11) is 0. The van der Waals surface area contributed by atoms with Crippen molar-refractivity contribution in [3.05, 3.63) is 83.3 Å². The molecule has 3 rings (SSSR count). The molecular weight excluding hydrogens is 360 g/mol. The van der Waals surface area contributed by atoms with Gasteiger partial charge in [0.15, 0.2) is 0 Å². The lowest BCUT2D eigenvalue weighted by atomic mass is 9.92. The van der Waals surface area contributed by atoms with E-state index in [1.807, 2.05) is 12.1 Å². The normalized spacial score (nSPS) is 11.0. The van der Waals surface area contributed by atoms with Crippen LogP contribution in [0.5, 0.6) is 0 Å². The molecule has 29 heavy (non-hydrogen) atoms. The molecule has 0 aliphatic carbocycles. The molecular formula is C24H28N4O. The summed E-state index contributed by atoms with van der Waals surface area (Å²) >= 11 is 0. The average Bonchev–Trinajstić information content (AvgIpc) is 2.73. The minimum absolute atomic E-state index is 0.130. The van der Waals surface area contributed by atoms with E-state index in [9.17, 15) is 4.79 Å². The molecule has 2 N–H and O–H groups in total. The quantitative estimate of drug-likeness (QED) is 0.554. The number of para-hydroxylation sites is 1. The number of carbonyl (C=O) groups is 1. The number of nitrogens with zero attached hydrogens (tertiary/aromatic N) is 2. The lowest BCUT2D eigenvalue weighted by Gasteiger charge is -2.20. The second-order valence-corrected chi connectivity index (χ2v) is 7.71. The van der Waals surface area contributed by atoms with Crippen LogP contribution < -0.4 is 10.6 Å². The standard InChI is InChI=1S/C24H28N4O/c1-16(2)20-6-5-7-21(17(3)4)23(20)28-24(29)19-10-13-26-22(14-19)27-15-18-8-11-25-12-9-18/h5-14,16-17H,15H2,1-4H3,(H,26,27)(H,28,29). The number of anilines is 2. The summed E-state index contributed by atoms with van der Waals surface area (Å²) in [6.45, 7) is 9.19. The molecule has 0 radical (unpaired) electrons. The summed E-state index contributed by atoms with van der Waals surface area (Å²) in [5, 5.41) is 6.42. The monoisotopic (exact) mass is 388 g/mol. The molecule has 2 aromatic heterocycles. The van der Waals surface area contributed by atoms with Crippen LogP contribution in [0.4, 0.5) is 11.5 Å². The van der Waals surface area contributed by atoms with Gasteiger partial charge in [0.25, 0.3) is 5.91 Å². The van der Waals surface area contributed by atoms with Crippen LogP contribution in [0.1, 0.15) is 66.6 Å². The molecule has 1 amide bonds. The van der Waals surface area contributed by atoms with Gasteiger partial charge in [-0.05, 0) is 52.8 Å². The average molecular weight is 389 g/mol. The fourth-order valence-electron chi connectivity index (χ4n) is 3.24. The van der Waals surface area contributed by atoms with Gasteiger partial charge in [-0.25, -0.2) is 4.98 Å². The van der Waals surface area contributed by atoms with Crippen molar-refractivity contribution in [3.8, 4) is 0 Å². The Labute approximate surface area is 172 Å². The van der Waals surface area contributed by atoms with Gasteiger partial charge in [0.2, 0.25) is 0 Å². The number of aromatic nitrogens is 2. The second-order valence-electron chi connectivity index (χ2n) is 7.71. The Balaban J connectivity index is 1.80. The van der Waals surface area contributed by atoms with Gasteiger partial charge in [0.05, 0.1) is 0 Å². The molecule has 5 nitrogen and oxygen atoms in total. The molecule has 0 spiro atoms. The van der Waals surface area contributed by atoms with E-state index in [4.69, 9.17) is 0 Å². The first kappa shape index (κ1) is 20.5. The zero-order valence-corrected chi connectivity index (χ0v) is 17.4. The first-order chi connectivity index (χ1) is 14.0. The minimum atomic E-state index is -0.130. The SMILES string of the molecule is CC(C)c1cccc(C(C)C)c1NC(=O)c1ccnc(NCc2ccncc2)c1. The van der Waals surface area contributed by atoms with Crippen molar-refractivity contribution in [1.29, 1.82) is 0 Å². The summed E-state index contributed by atoms with van der Waals surface area (Å²) in [6.07, 6.45) is 5.17. The maximum atomic E-state index is 13.0. The number of pyridine rings is 2. The Morgan fingerprint density at radius 1 is 0.931 bits per heavy atom. The lowest BCUT2D eigenvalue weighted by Crippen LogP contribution is -2.16. The summed E-state index contributed by atoms with van der Waals surface area (Å²) in [5.74, 6) is 1.17. The van der Waals surface area contributed by atoms with Gasteiger partial charge < -0.3 is 10.6 Å². The highest BCUT2D eigenvalue weighted by Crippen LogP contribution is 2.32. The first-order valence-corrected chi connectivity index (χ1v) is 9.98. The van der Waals surface area contributed by atoms with E-state index < -0.39 is 0 Å². The van der Waals surface area contributed by atoms with E-state index in [-0.39, 0.29) is 5.91 Å². The highest BCUT2D eigenvalue weighted by molar-refractivity contribution is 6.05. The van der Waals surface area contributed by atoms with Crippen molar-refractivity contribution in [1.82, 2.24) is 9.97 Å². The number of hydrogen-bond donors (Lipinski definition) is 2. The van der Waals surface area contributed by atoms with Gasteiger partial charge in [-0.3, -0.25) is 9.78 Å². The maximum absolute atomic E-state index is 13.0. The number of amides is 1. The molecule has 0 fully saturated rings. The predicted molar refractivity (Wildman–Crippen MR) is 118 cm³/mol. The van der Waals surface area contributed by atoms with Gasteiger partial charge in [0, 0.05) is 36.4 Å². The fraction of sp³-hybridized carbons (Fsp3) is 0.292. The molecule has 2 heterocycles. The van der Waals surface area contributed by atoms with E-state index in [1.54, 1.807) is 30.7 Å². The van der Waals surface area contributed by atoms with Gasteiger partial charge in [-0.15, -0.1) is 0 Å². The number of carbonyl (C=O) groups excluding carboxylic acids is 1. The van der Waals surface area contributed by atoms with Crippen LogP contribution >= 0.6 is 0 Å².